The Kier molecular flexibility index (Phi) is 5.46. The number of anilines is 1. The van der Waals surface area contributed by atoms with E-state index < -0.39 is 26.7 Å². The van der Waals surface area contributed by atoms with Gasteiger partial charge in [-0.15, -0.1) is 0 Å². The summed E-state index contributed by atoms with van der Waals surface area (Å²) in [6, 6.07) is 3.64. The van der Waals surface area contributed by atoms with E-state index in [4.69, 9.17) is 10.5 Å². The molecule has 0 amide bonds. The highest BCUT2D eigenvalue weighted by Gasteiger charge is 2.27. The van der Waals surface area contributed by atoms with Gasteiger partial charge in [-0.2, -0.15) is 0 Å². The molecule has 0 spiro atoms. The molecule has 2 N–H and O–H groups in total. The predicted molar refractivity (Wildman–Crippen MR) is 71.9 cm³/mol. The summed E-state index contributed by atoms with van der Waals surface area (Å²) in [7, 11) is -2.83. The quantitative estimate of drug-likeness (QED) is 0.625. The van der Waals surface area contributed by atoms with Crippen molar-refractivity contribution in [3.63, 3.8) is 0 Å². The van der Waals surface area contributed by atoms with Gasteiger partial charge in [0.2, 0.25) is 10.0 Å². The largest absolute Gasteiger partial charge is 0.466 e. The second-order valence-electron chi connectivity index (χ2n) is 4.04. The van der Waals surface area contributed by atoms with E-state index in [1.165, 1.54) is 19.2 Å². The summed E-state index contributed by atoms with van der Waals surface area (Å²) in [5.74, 6) is -1.44. The van der Waals surface area contributed by atoms with Crippen LogP contribution in [0.1, 0.15) is 13.3 Å². The third-order valence-corrected chi connectivity index (χ3v) is 4.55. The van der Waals surface area contributed by atoms with Gasteiger partial charge < -0.3 is 10.5 Å². The van der Waals surface area contributed by atoms with E-state index in [2.05, 4.69) is 0 Å². The molecule has 0 bridgehead atoms. The molecule has 1 aromatic rings. The monoisotopic (exact) mass is 304 g/mol. The van der Waals surface area contributed by atoms with Crippen LogP contribution in [0.5, 0.6) is 0 Å². The maximum Gasteiger partial charge on any atom is 0.307 e. The fourth-order valence-corrected chi connectivity index (χ4v) is 2.88. The average molecular weight is 304 g/mol. The number of esters is 1. The fraction of sp³-hybridized carbons (Fsp3) is 0.417. The van der Waals surface area contributed by atoms with Gasteiger partial charge in [-0.3, -0.25) is 4.79 Å². The van der Waals surface area contributed by atoms with Gasteiger partial charge in [-0.05, 0) is 19.1 Å². The van der Waals surface area contributed by atoms with E-state index in [-0.39, 0.29) is 25.3 Å². The number of sulfonamides is 1. The van der Waals surface area contributed by atoms with Crippen molar-refractivity contribution in [2.24, 2.45) is 0 Å². The molecule has 0 aliphatic carbocycles. The normalized spacial score (nSPS) is 11.6. The molecule has 1 aromatic carbocycles. The number of nitrogen functional groups attached to an aromatic ring is 1. The van der Waals surface area contributed by atoms with Crippen LogP contribution in [0.15, 0.2) is 23.1 Å². The first kappa shape index (κ1) is 16.4. The topological polar surface area (TPSA) is 89.7 Å². The highest BCUT2D eigenvalue weighted by atomic mass is 32.2. The maximum absolute atomic E-state index is 13.6. The molecule has 6 nitrogen and oxygen atoms in total. The van der Waals surface area contributed by atoms with Crippen molar-refractivity contribution in [3.05, 3.63) is 24.0 Å². The molecule has 8 heteroatoms. The van der Waals surface area contributed by atoms with Crippen LogP contribution < -0.4 is 5.73 Å². The van der Waals surface area contributed by atoms with E-state index in [0.29, 0.717) is 0 Å². The van der Waals surface area contributed by atoms with Crippen LogP contribution in [0, 0.1) is 5.82 Å². The van der Waals surface area contributed by atoms with Crippen molar-refractivity contribution in [2.75, 3.05) is 25.9 Å². The van der Waals surface area contributed by atoms with Crippen molar-refractivity contribution in [1.82, 2.24) is 4.31 Å². The Hall–Kier alpha value is -1.67. The highest BCUT2D eigenvalue weighted by molar-refractivity contribution is 7.89. The summed E-state index contributed by atoms with van der Waals surface area (Å²) < 4.78 is 43.6. The van der Waals surface area contributed by atoms with Gasteiger partial charge in [-0.1, -0.05) is 6.07 Å². The third-order valence-electron chi connectivity index (χ3n) is 2.60. The number of halogens is 1. The van der Waals surface area contributed by atoms with Gasteiger partial charge in [0.1, 0.15) is 10.7 Å². The number of benzene rings is 1. The SMILES string of the molecule is CCOC(=O)CCN(C)S(=O)(=O)c1c(N)cccc1F. The van der Waals surface area contributed by atoms with Crippen LogP contribution in [-0.2, 0) is 19.6 Å². The first-order valence-corrected chi connectivity index (χ1v) is 7.40. The average Bonchev–Trinajstić information content (AvgIpc) is 2.35. The van der Waals surface area contributed by atoms with Crippen molar-refractivity contribution in [2.45, 2.75) is 18.2 Å². The van der Waals surface area contributed by atoms with Gasteiger partial charge in [0.15, 0.2) is 0 Å². The zero-order valence-electron chi connectivity index (χ0n) is 11.3. The van der Waals surface area contributed by atoms with Gasteiger partial charge in [0, 0.05) is 13.6 Å². The van der Waals surface area contributed by atoms with E-state index in [1.54, 1.807) is 6.92 Å². The molecular weight excluding hydrogens is 287 g/mol. The number of carbonyl (C=O) groups is 1. The highest BCUT2D eigenvalue weighted by Crippen LogP contribution is 2.24. The van der Waals surface area contributed by atoms with Crippen LogP contribution >= 0.6 is 0 Å². The lowest BCUT2D eigenvalue weighted by atomic mass is 10.3. The molecular formula is C12H17FN2O4S. The van der Waals surface area contributed by atoms with E-state index in [9.17, 15) is 17.6 Å². The molecule has 20 heavy (non-hydrogen) atoms. The summed E-state index contributed by atoms with van der Waals surface area (Å²) in [4.78, 5) is 10.6. The van der Waals surface area contributed by atoms with Crippen LogP contribution in [-0.4, -0.2) is 38.9 Å². The molecule has 112 valence electrons. The Balaban J connectivity index is 2.91. The summed E-state index contributed by atoms with van der Waals surface area (Å²) in [5.41, 5.74) is 5.34. The van der Waals surface area contributed by atoms with E-state index >= 15 is 0 Å². The van der Waals surface area contributed by atoms with Crippen LogP contribution in [0.3, 0.4) is 0 Å². The standard InChI is InChI=1S/C12H17FN2O4S/c1-3-19-11(16)7-8-15(2)20(17,18)12-9(13)5-4-6-10(12)14/h4-6H,3,7-8,14H2,1-2H3. The fourth-order valence-electron chi connectivity index (χ4n) is 1.56. The van der Waals surface area contributed by atoms with Crippen molar-refractivity contribution < 1.29 is 22.3 Å². The summed E-state index contributed by atoms with van der Waals surface area (Å²) >= 11 is 0. The number of nitrogens with two attached hydrogens (primary N) is 1. The lowest BCUT2D eigenvalue weighted by Crippen LogP contribution is -2.30. The van der Waals surface area contributed by atoms with Gasteiger partial charge >= 0.3 is 5.97 Å². The van der Waals surface area contributed by atoms with E-state index in [1.807, 2.05) is 0 Å². The summed E-state index contributed by atoms with van der Waals surface area (Å²) in [5, 5.41) is 0. The van der Waals surface area contributed by atoms with Crippen LogP contribution in [0.25, 0.3) is 0 Å². The molecule has 0 aromatic heterocycles. The molecule has 0 atom stereocenters. The minimum atomic E-state index is -4.09. The number of hydrogen-bond donors (Lipinski definition) is 1. The molecule has 0 aliphatic rings. The molecule has 0 radical (unpaired) electrons. The molecule has 0 saturated carbocycles. The summed E-state index contributed by atoms with van der Waals surface area (Å²) in [6.45, 7) is 1.75. The molecule has 0 unspecified atom stereocenters. The molecule has 0 fully saturated rings. The van der Waals surface area contributed by atoms with Crippen LogP contribution in [0.2, 0.25) is 0 Å². The van der Waals surface area contributed by atoms with Crippen LogP contribution in [0.4, 0.5) is 10.1 Å². The Morgan fingerprint density at radius 3 is 2.65 bits per heavy atom. The number of hydrogen-bond acceptors (Lipinski definition) is 5. The van der Waals surface area contributed by atoms with Crippen molar-refractivity contribution >= 4 is 21.7 Å². The van der Waals surface area contributed by atoms with Gasteiger partial charge in [0.05, 0.1) is 18.7 Å². The minimum Gasteiger partial charge on any atom is -0.466 e. The number of carbonyl (C=O) groups excluding carboxylic acids is 1. The Bertz CT molecular complexity index is 569. The lowest BCUT2D eigenvalue weighted by molar-refractivity contribution is -0.143. The number of rotatable bonds is 6. The zero-order valence-corrected chi connectivity index (χ0v) is 12.1. The second kappa shape index (κ2) is 6.67. The molecule has 1 rings (SSSR count). The minimum absolute atomic E-state index is 0.113. The van der Waals surface area contributed by atoms with Gasteiger partial charge in [0.25, 0.3) is 0 Å². The number of ether oxygens (including phenoxy) is 1. The third kappa shape index (κ3) is 3.67. The molecule has 0 saturated heterocycles. The lowest BCUT2D eigenvalue weighted by Gasteiger charge is -2.18. The maximum atomic E-state index is 13.6. The second-order valence-corrected chi connectivity index (χ2v) is 6.02. The first-order valence-electron chi connectivity index (χ1n) is 5.96. The number of nitrogens with zero attached hydrogens (tertiary/aromatic N) is 1. The van der Waals surface area contributed by atoms with Crippen molar-refractivity contribution in [1.29, 1.82) is 0 Å². The molecule has 0 heterocycles. The first-order chi connectivity index (χ1) is 9.30. The summed E-state index contributed by atoms with van der Waals surface area (Å²) in [6.07, 6.45) is -0.113. The van der Waals surface area contributed by atoms with Gasteiger partial charge in [-0.25, -0.2) is 17.1 Å². The Morgan fingerprint density at radius 2 is 2.10 bits per heavy atom. The smallest absolute Gasteiger partial charge is 0.307 e. The van der Waals surface area contributed by atoms with E-state index in [0.717, 1.165) is 10.4 Å². The predicted octanol–water partition coefficient (Wildman–Crippen LogP) is 0.982. The Morgan fingerprint density at radius 1 is 1.45 bits per heavy atom. The Labute approximate surface area is 117 Å². The van der Waals surface area contributed by atoms with Crippen molar-refractivity contribution in [3.8, 4) is 0 Å². The molecule has 0 aliphatic heterocycles. The zero-order chi connectivity index (χ0) is 15.3.